The van der Waals surface area contributed by atoms with E-state index in [9.17, 15) is 0 Å². The van der Waals surface area contributed by atoms with Crippen molar-refractivity contribution in [3.63, 3.8) is 0 Å². The molecule has 1 aliphatic heterocycles. The molecule has 0 atom stereocenters. The molecule has 0 saturated heterocycles. The molecule has 158 valence electrons. The Labute approximate surface area is 179 Å². The molecule has 0 radical (unpaired) electrons. The fourth-order valence-corrected chi connectivity index (χ4v) is 4.00. The van der Waals surface area contributed by atoms with Gasteiger partial charge in [-0.05, 0) is 52.5 Å². The molecule has 0 aromatic carbocycles. The van der Waals surface area contributed by atoms with Crippen LogP contribution in [-0.2, 0) is 4.84 Å². The summed E-state index contributed by atoms with van der Waals surface area (Å²) in [5.74, 6) is 1.14. The average Bonchev–Trinajstić information content (AvgIpc) is 3.04. The van der Waals surface area contributed by atoms with Gasteiger partial charge in [-0.1, -0.05) is 49.9 Å². The number of fused-ring (bicyclic) bond motifs is 1. The number of hydrogen-bond donors (Lipinski definition) is 0. The minimum atomic E-state index is 0.460. The normalized spacial score (nSPS) is 15.0. The van der Waals surface area contributed by atoms with Gasteiger partial charge < -0.3 is 4.84 Å². The van der Waals surface area contributed by atoms with E-state index in [2.05, 4.69) is 31.6 Å². The van der Waals surface area contributed by atoms with Crippen LogP contribution in [0.15, 0.2) is 53.4 Å². The number of hydrogen-bond acceptors (Lipinski definition) is 4. The van der Waals surface area contributed by atoms with E-state index >= 15 is 0 Å². The van der Waals surface area contributed by atoms with Gasteiger partial charge in [0, 0.05) is 23.1 Å². The van der Waals surface area contributed by atoms with E-state index in [1.54, 1.807) is 0 Å². The van der Waals surface area contributed by atoms with Crippen LogP contribution in [0.2, 0.25) is 0 Å². The minimum Gasteiger partial charge on any atom is -0.356 e. The first-order valence-corrected chi connectivity index (χ1v) is 10.7. The second-order valence-electron chi connectivity index (χ2n) is 7.85. The van der Waals surface area contributed by atoms with Crippen molar-refractivity contribution in [2.45, 2.75) is 66.7 Å². The Bertz CT molecular complexity index is 1080. The number of aryl methyl sites for hydroxylation is 2. The molecular formula is C25H32N4O. The predicted molar refractivity (Wildman–Crippen MR) is 125 cm³/mol. The largest absolute Gasteiger partial charge is 0.356 e. The van der Waals surface area contributed by atoms with E-state index in [1.807, 2.05) is 56.5 Å². The van der Waals surface area contributed by atoms with Crippen LogP contribution in [0.5, 0.6) is 0 Å². The third-order valence-corrected chi connectivity index (χ3v) is 5.51. The lowest BCUT2D eigenvalue weighted by Gasteiger charge is -2.19. The van der Waals surface area contributed by atoms with Crippen LogP contribution in [-0.4, -0.2) is 20.3 Å². The molecule has 0 amide bonds. The van der Waals surface area contributed by atoms with Crippen molar-refractivity contribution in [2.24, 2.45) is 5.16 Å². The van der Waals surface area contributed by atoms with Gasteiger partial charge in [0.25, 0.3) is 0 Å². The summed E-state index contributed by atoms with van der Waals surface area (Å²) >= 11 is 0. The summed E-state index contributed by atoms with van der Waals surface area (Å²) in [5, 5.41) is 9.06. The number of rotatable bonds is 7. The van der Waals surface area contributed by atoms with Crippen molar-refractivity contribution >= 4 is 16.9 Å². The summed E-state index contributed by atoms with van der Waals surface area (Å²) < 4.78 is 2.00. The average molecular weight is 405 g/mol. The van der Waals surface area contributed by atoms with E-state index in [0.717, 1.165) is 52.4 Å². The monoisotopic (exact) mass is 404 g/mol. The quantitative estimate of drug-likeness (QED) is 0.499. The summed E-state index contributed by atoms with van der Waals surface area (Å²) in [6, 6.07) is 2.18. The molecule has 0 aliphatic carbocycles. The first-order valence-electron chi connectivity index (χ1n) is 10.7. The van der Waals surface area contributed by atoms with Crippen LogP contribution in [0.25, 0.3) is 11.2 Å². The fraction of sp³-hybridized carbons (Fsp3) is 0.400. The van der Waals surface area contributed by atoms with Crippen LogP contribution in [0, 0.1) is 13.8 Å². The highest BCUT2D eigenvalue weighted by Gasteiger charge is 2.26. The number of imidazole rings is 1. The molecular weight excluding hydrogens is 372 g/mol. The van der Waals surface area contributed by atoms with E-state index in [4.69, 9.17) is 14.9 Å². The Hall–Kier alpha value is -2.95. The van der Waals surface area contributed by atoms with Gasteiger partial charge in [0.05, 0.1) is 22.8 Å². The maximum atomic E-state index is 5.80. The highest BCUT2D eigenvalue weighted by Crippen LogP contribution is 2.35. The molecule has 0 spiro atoms. The smallest absolute Gasteiger partial charge is 0.170 e. The predicted octanol–water partition coefficient (Wildman–Crippen LogP) is 6.45. The SMILES string of the molecule is C=C(/C=C\C=C/C)C1=C(c2c(C)nc3c(C(CC)CC)cc(C)nn23)CC(C)=NO1. The minimum absolute atomic E-state index is 0.460. The maximum Gasteiger partial charge on any atom is 0.170 e. The van der Waals surface area contributed by atoms with Crippen LogP contribution < -0.4 is 0 Å². The van der Waals surface area contributed by atoms with E-state index in [0.29, 0.717) is 18.1 Å². The summed E-state index contributed by atoms with van der Waals surface area (Å²) in [6.07, 6.45) is 10.7. The molecule has 1 aliphatic rings. The van der Waals surface area contributed by atoms with Crippen LogP contribution >= 0.6 is 0 Å². The molecule has 0 saturated carbocycles. The van der Waals surface area contributed by atoms with Crippen molar-refractivity contribution in [1.82, 2.24) is 14.6 Å². The van der Waals surface area contributed by atoms with Crippen molar-refractivity contribution in [3.8, 4) is 0 Å². The molecule has 30 heavy (non-hydrogen) atoms. The van der Waals surface area contributed by atoms with Crippen molar-refractivity contribution in [3.05, 3.63) is 70.9 Å². The Morgan fingerprint density at radius 2 is 1.97 bits per heavy atom. The maximum absolute atomic E-state index is 5.80. The van der Waals surface area contributed by atoms with Gasteiger partial charge in [-0.2, -0.15) is 5.10 Å². The Balaban J connectivity index is 2.25. The van der Waals surface area contributed by atoms with Gasteiger partial charge in [0.2, 0.25) is 0 Å². The number of aromatic nitrogens is 3. The third kappa shape index (κ3) is 4.16. The second kappa shape index (κ2) is 9.24. The lowest BCUT2D eigenvalue weighted by molar-refractivity contribution is 0.233. The van der Waals surface area contributed by atoms with Crippen LogP contribution in [0.4, 0.5) is 0 Å². The van der Waals surface area contributed by atoms with Gasteiger partial charge >= 0.3 is 0 Å². The van der Waals surface area contributed by atoms with E-state index in [-0.39, 0.29) is 0 Å². The Morgan fingerprint density at radius 1 is 1.23 bits per heavy atom. The molecule has 2 aromatic heterocycles. The fourth-order valence-electron chi connectivity index (χ4n) is 4.00. The van der Waals surface area contributed by atoms with Crippen molar-refractivity contribution in [2.75, 3.05) is 0 Å². The van der Waals surface area contributed by atoms with Gasteiger partial charge in [-0.25, -0.2) is 9.50 Å². The van der Waals surface area contributed by atoms with E-state index < -0.39 is 0 Å². The van der Waals surface area contributed by atoms with Crippen molar-refractivity contribution < 1.29 is 4.84 Å². The topological polar surface area (TPSA) is 51.8 Å². The molecule has 5 nitrogen and oxygen atoms in total. The number of allylic oxidation sites excluding steroid dienone is 5. The molecule has 0 unspecified atom stereocenters. The highest BCUT2D eigenvalue weighted by atomic mass is 16.6. The number of nitrogens with zero attached hydrogens (tertiary/aromatic N) is 4. The zero-order valence-corrected chi connectivity index (χ0v) is 19.0. The molecule has 3 heterocycles. The Kier molecular flexibility index (Phi) is 6.70. The van der Waals surface area contributed by atoms with Crippen molar-refractivity contribution in [1.29, 1.82) is 0 Å². The highest BCUT2D eigenvalue weighted by molar-refractivity contribution is 5.95. The van der Waals surface area contributed by atoms with Gasteiger partial charge in [0.15, 0.2) is 11.4 Å². The molecule has 3 rings (SSSR count). The van der Waals surface area contributed by atoms with E-state index in [1.165, 1.54) is 5.56 Å². The molecule has 0 N–H and O–H groups in total. The number of oxime groups is 1. The Morgan fingerprint density at radius 3 is 2.63 bits per heavy atom. The summed E-state index contributed by atoms with van der Waals surface area (Å²) in [7, 11) is 0. The first-order chi connectivity index (χ1) is 14.4. The van der Waals surface area contributed by atoms with Gasteiger partial charge in [0.1, 0.15) is 0 Å². The lowest BCUT2D eigenvalue weighted by atomic mass is 9.94. The zero-order valence-electron chi connectivity index (χ0n) is 19.0. The summed E-state index contributed by atoms with van der Waals surface area (Å²) in [5.41, 5.74) is 7.82. The van der Waals surface area contributed by atoms with Crippen LogP contribution in [0.1, 0.15) is 75.5 Å². The molecule has 0 bridgehead atoms. The molecule has 2 aromatic rings. The van der Waals surface area contributed by atoms with Crippen LogP contribution in [0.3, 0.4) is 0 Å². The molecule has 0 fully saturated rings. The lowest BCUT2D eigenvalue weighted by Crippen LogP contribution is -2.12. The second-order valence-corrected chi connectivity index (χ2v) is 7.85. The van der Waals surface area contributed by atoms with Gasteiger partial charge in [-0.3, -0.25) is 0 Å². The molecule has 5 heteroatoms. The van der Waals surface area contributed by atoms with Gasteiger partial charge in [-0.15, -0.1) is 0 Å². The third-order valence-electron chi connectivity index (χ3n) is 5.51. The summed E-state index contributed by atoms with van der Waals surface area (Å²) in [6.45, 7) is 16.7. The summed E-state index contributed by atoms with van der Waals surface area (Å²) in [4.78, 5) is 10.7. The first kappa shape index (κ1) is 21.8. The standard InChI is InChI=1S/C25H32N4O/c1-8-11-12-13-16(4)24-22(15-18(6)28-30-24)23-19(7)26-25-21(20(9-2)10-3)14-17(5)27-29(23)25/h8,11-14,20H,4,9-10,15H2,1-3,5-7H3/b11-8-,13-12-. The zero-order chi connectivity index (χ0) is 21.8.